The molecule has 7 nitrogen and oxygen atoms in total. The Morgan fingerprint density at radius 3 is 2.28 bits per heavy atom. The predicted molar refractivity (Wildman–Crippen MR) is 179 cm³/mol. The third-order valence-corrected chi connectivity index (χ3v) is 13.0. The second kappa shape index (κ2) is 16.2. The van der Waals surface area contributed by atoms with Gasteiger partial charge >= 0.3 is 0 Å². The van der Waals surface area contributed by atoms with E-state index in [1.54, 1.807) is 0 Å². The molecule has 4 rings (SSSR count). The largest absolute Gasteiger partial charge is 0.393 e. The molecule has 0 bridgehead atoms. The van der Waals surface area contributed by atoms with E-state index in [1.807, 2.05) is 13.8 Å². The number of rotatable bonds is 17. The molecule has 4 aliphatic carbocycles. The quantitative estimate of drug-likeness (QED) is 0.133. The molecule has 4 saturated carbocycles. The molecule has 1 amide bonds. The van der Waals surface area contributed by atoms with Crippen molar-refractivity contribution >= 4 is 5.91 Å². The number of nitrogens with two attached hydrogens (primary N) is 1. The summed E-state index contributed by atoms with van der Waals surface area (Å²) in [5, 5.41) is 26.0. The summed E-state index contributed by atoms with van der Waals surface area (Å²) in [6.07, 6.45) is 14.9. The Kier molecular flexibility index (Phi) is 13.2. The van der Waals surface area contributed by atoms with E-state index in [0.29, 0.717) is 41.5 Å². The number of hydrogen-bond acceptors (Lipinski definition) is 6. The van der Waals surface area contributed by atoms with Crippen molar-refractivity contribution in [2.24, 2.45) is 52.1 Å². The van der Waals surface area contributed by atoms with E-state index in [-0.39, 0.29) is 23.5 Å². The van der Waals surface area contributed by atoms with Crippen molar-refractivity contribution in [3.8, 4) is 0 Å². The number of hydrogen-bond donors (Lipinski definition) is 6. The standard InChI is InChI=1S/C36H69N5O2/c1-25(2)41-34(43)14-9-26(3)30-12-13-31-29-11-10-27-23-28(40-22-8-21-39-20-7-19-38-18-6-17-37)15-16-35(27,4)32(29)24-33(42)36(30,31)5/h25-33,38-40,42H,6-24,37H2,1-5H3,(H,41,43)/t26-,27?,28+,29?,30-,31?,32?,33+,35+,36-/m1/s1. The number of fused-ring (bicyclic) bond motifs is 5. The first-order chi connectivity index (χ1) is 20.6. The van der Waals surface area contributed by atoms with Gasteiger partial charge in [-0.3, -0.25) is 4.79 Å². The molecule has 0 aromatic rings. The number of aliphatic hydroxyl groups excluding tert-OH is 1. The molecule has 7 N–H and O–H groups in total. The van der Waals surface area contributed by atoms with Gasteiger partial charge in [0.15, 0.2) is 0 Å². The molecule has 4 fully saturated rings. The van der Waals surface area contributed by atoms with Crippen molar-refractivity contribution < 1.29 is 9.90 Å². The van der Waals surface area contributed by atoms with Gasteiger partial charge in [-0.15, -0.1) is 0 Å². The lowest BCUT2D eigenvalue weighted by atomic mass is 9.43. The van der Waals surface area contributed by atoms with Crippen LogP contribution in [0, 0.1) is 46.3 Å². The molecule has 4 unspecified atom stereocenters. The molecule has 0 spiro atoms. The van der Waals surface area contributed by atoms with Crippen LogP contribution in [-0.2, 0) is 4.79 Å². The predicted octanol–water partition coefficient (Wildman–Crippen LogP) is 4.82. The van der Waals surface area contributed by atoms with Crippen molar-refractivity contribution in [1.29, 1.82) is 0 Å². The average Bonchev–Trinajstić information content (AvgIpc) is 3.33. The Labute approximate surface area is 264 Å². The second-order valence-electron chi connectivity index (χ2n) is 16.0. The molecular weight excluding hydrogens is 534 g/mol. The SMILES string of the molecule is CC(C)NC(=O)CC[C@@H](C)[C@H]1CCC2C3CCC4C[C@@H](NCCCNCCCNCCCN)CC[C@]4(C)C3C[C@H](O)[C@@]21C. The first-order valence-corrected chi connectivity index (χ1v) is 18.4. The molecular formula is C36H69N5O2. The lowest BCUT2D eigenvalue weighted by molar-refractivity contribution is -0.169. The smallest absolute Gasteiger partial charge is 0.220 e. The second-order valence-corrected chi connectivity index (χ2v) is 16.0. The van der Waals surface area contributed by atoms with Gasteiger partial charge in [0.05, 0.1) is 6.10 Å². The average molecular weight is 604 g/mol. The Morgan fingerprint density at radius 1 is 0.884 bits per heavy atom. The molecule has 0 radical (unpaired) electrons. The van der Waals surface area contributed by atoms with E-state index in [9.17, 15) is 9.90 Å². The molecule has 10 atom stereocenters. The minimum absolute atomic E-state index is 0.00604. The van der Waals surface area contributed by atoms with Crippen LogP contribution in [0.2, 0.25) is 0 Å². The van der Waals surface area contributed by atoms with Crippen molar-refractivity contribution in [2.45, 2.75) is 136 Å². The number of nitrogens with one attached hydrogen (secondary N) is 4. The van der Waals surface area contributed by atoms with E-state index in [4.69, 9.17) is 5.73 Å². The summed E-state index contributed by atoms with van der Waals surface area (Å²) in [5.74, 6) is 4.04. The highest BCUT2D eigenvalue weighted by molar-refractivity contribution is 5.76. The van der Waals surface area contributed by atoms with Gasteiger partial charge in [0.2, 0.25) is 5.91 Å². The molecule has 0 heterocycles. The maximum absolute atomic E-state index is 12.4. The van der Waals surface area contributed by atoms with E-state index in [1.165, 1.54) is 57.8 Å². The molecule has 7 heteroatoms. The zero-order valence-corrected chi connectivity index (χ0v) is 28.6. The summed E-state index contributed by atoms with van der Waals surface area (Å²) in [5.41, 5.74) is 5.92. The summed E-state index contributed by atoms with van der Waals surface area (Å²) in [6, 6.07) is 0.859. The highest BCUT2D eigenvalue weighted by atomic mass is 16.3. The molecule has 0 saturated heterocycles. The van der Waals surface area contributed by atoms with Crippen LogP contribution in [0.4, 0.5) is 0 Å². The molecule has 43 heavy (non-hydrogen) atoms. The fourth-order valence-corrected chi connectivity index (χ4v) is 10.7. The zero-order valence-electron chi connectivity index (χ0n) is 28.6. The van der Waals surface area contributed by atoms with Gasteiger partial charge in [-0.1, -0.05) is 20.8 Å². The Morgan fingerprint density at radius 2 is 1.58 bits per heavy atom. The zero-order chi connectivity index (χ0) is 31.0. The third kappa shape index (κ3) is 8.36. The van der Waals surface area contributed by atoms with Crippen LogP contribution in [0.3, 0.4) is 0 Å². The van der Waals surface area contributed by atoms with Crippen LogP contribution in [0.15, 0.2) is 0 Å². The summed E-state index contributed by atoms with van der Waals surface area (Å²) in [7, 11) is 0. The van der Waals surface area contributed by atoms with E-state index < -0.39 is 0 Å². The number of aliphatic hydroxyl groups is 1. The fraction of sp³-hybridized carbons (Fsp3) is 0.972. The van der Waals surface area contributed by atoms with Gasteiger partial charge in [-0.25, -0.2) is 0 Å². The summed E-state index contributed by atoms with van der Waals surface area (Å²) in [4.78, 5) is 12.4. The maximum atomic E-state index is 12.4. The van der Waals surface area contributed by atoms with Crippen LogP contribution in [-0.4, -0.2) is 68.5 Å². The molecule has 250 valence electrons. The van der Waals surface area contributed by atoms with Crippen molar-refractivity contribution in [1.82, 2.24) is 21.3 Å². The Balaban J connectivity index is 1.22. The topological polar surface area (TPSA) is 111 Å². The Hall–Kier alpha value is -0.730. The summed E-state index contributed by atoms with van der Waals surface area (Å²) >= 11 is 0. The molecule has 4 aliphatic rings. The van der Waals surface area contributed by atoms with Gasteiger partial charge in [0, 0.05) is 18.5 Å². The van der Waals surface area contributed by atoms with Crippen molar-refractivity contribution in [3.05, 3.63) is 0 Å². The highest BCUT2D eigenvalue weighted by Gasteiger charge is 2.63. The van der Waals surface area contributed by atoms with Crippen LogP contribution in [0.5, 0.6) is 0 Å². The number of amides is 1. The van der Waals surface area contributed by atoms with Gasteiger partial charge in [0.1, 0.15) is 0 Å². The number of carbonyl (C=O) groups is 1. The Bertz CT molecular complexity index is 855. The normalized spacial score (nSPS) is 37.9. The lowest BCUT2D eigenvalue weighted by Crippen LogP contribution is -2.59. The van der Waals surface area contributed by atoms with E-state index in [0.717, 1.165) is 70.4 Å². The maximum Gasteiger partial charge on any atom is 0.220 e. The van der Waals surface area contributed by atoms with Crippen LogP contribution in [0.25, 0.3) is 0 Å². The van der Waals surface area contributed by atoms with Crippen LogP contribution < -0.4 is 27.0 Å². The number of carbonyl (C=O) groups excluding carboxylic acids is 1. The monoisotopic (exact) mass is 604 g/mol. The first kappa shape index (κ1) is 35.1. The molecule has 0 aromatic heterocycles. The fourth-order valence-electron chi connectivity index (χ4n) is 10.7. The summed E-state index contributed by atoms with van der Waals surface area (Å²) in [6.45, 7) is 17.6. The van der Waals surface area contributed by atoms with Gasteiger partial charge in [-0.05, 0) is 177 Å². The minimum Gasteiger partial charge on any atom is -0.393 e. The van der Waals surface area contributed by atoms with Crippen LogP contribution >= 0.6 is 0 Å². The first-order valence-electron chi connectivity index (χ1n) is 18.4. The minimum atomic E-state index is -0.209. The molecule has 0 aliphatic heterocycles. The van der Waals surface area contributed by atoms with Gasteiger partial charge in [-0.2, -0.15) is 0 Å². The molecule has 0 aromatic carbocycles. The van der Waals surface area contributed by atoms with Crippen molar-refractivity contribution in [2.75, 3.05) is 39.3 Å². The van der Waals surface area contributed by atoms with Gasteiger partial charge in [0.25, 0.3) is 0 Å². The van der Waals surface area contributed by atoms with E-state index >= 15 is 0 Å². The van der Waals surface area contributed by atoms with Crippen molar-refractivity contribution in [3.63, 3.8) is 0 Å². The van der Waals surface area contributed by atoms with Crippen LogP contribution in [0.1, 0.15) is 118 Å². The summed E-state index contributed by atoms with van der Waals surface area (Å²) < 4.78 is 0. The highest BCUT2D eigenvalue weighted by Crippen LogP contribution is 2.68. The lowest BCUT2D eigenvalue weighted by Gasteiger charge is -2.62. The third-order valence-electron chi connectivity index (χ3n) is 13.0. The van der Waals surface area contributed by atoms with E-state index in [2.05, 4.69) is 42.0 Å². The van der Waals surface area contributed by atoms with Gasteiger partial charge < -0.3 is 32.1 Å².